The highest BCUT2D eigenvalue weighted by Gasteiger charge is 2.20. The van der Waals surface area contributed by atoms with Crippen LogP contribution >= 0.6 is 0 Å². The van der Waals surface area contributed by atoms with Gasteiger partial charge in [-0.05, 0) is 30.5 Å². The van der Waals surface area contributed by atoms with Crippen molar-refractivity contribution < 1.29 is 13.2 Å². The van der Waals surface area contributed by atoms with Gasteiger partial charge in [0, 0.05) is 11.9 Å². The molecule has 0 aliphatic carbocycles. The molecule has 24 heavy (non-hydrogen) atoms. The van der Waals surface area contributed by atoms with E-state index >= 15 is 0 Å². The summed E-state index contributed by atoms with van der Waals surface area (Å²) >= 11 is 0. The average Bonchev–Trinajstić information content (AvgIpc) is 2.50. The van der Waals surface area contributed by atoms with Crippen molar-refractivity contribution in [2.45, 2.75) is 19.9 Å². The lowest BCUT2D eigenvalue weighted by Gasteiger charge is -2.20. The van der Waals surface area contributed by atoms with Crippen LogP contribution in [0.3, 0.4) is 0 Å². The monoisotopic (exact) mass is 346 g/mol. The largest absolute Gasteiger partial charge is 0.330 e. The van der Waals surface area contributed by atoms with Crippen molar-refractivity contribution >= 4 is 21.6 Å². The molecule has 0 radical (unpaired) electrons. The van der Waals surface area contributed by atoms with Crippen LogP contribution in [0, 0.1) is 13.8 Å². The second-order valence-corrected chi connectivity index (χ2v) is 8.11. The molecule has 2 N–H and O–H groups in total. The Hall–Kier alpha value is -2.34. The highest BCUT2D eigenvalue weighted by Crippen LogP contribution is 2.20. The predicted octanol–water partition coefficient (Wildman–Crippen LogP) is 3.21. The summed E-state index contributed by atoms with van der Waals surface area (Å²) in [4.78, 5) is 12.4. The quantitative estimate of drug-likeness (QED) is 0.873. The van der Waals surface area contributed by atoms with Gasteiger partial charge in [-0.2, -0.15) is 0 Å². The van der Waals surface area contributed by atoms with E-state index in [1.54, 1.807) is 12.1 Å². The molecule has 128 valence electrons. The minimum Gasteiger partial charge on any atom is -0.330 e. The third kappa shape index (κ3) is 5.09. The normalized spacial score (nSPS) is 12.5. The van der Waals surface area contributed by atoms with Gasteiger partial charge in [-0.25, -0.2) is 13.2 Å². The number of carbonyl (C=O) groups excluding carboxylic acids is 1. The maximum atomic E-state index is 12.4. The van der Waals surface area contributed by atoms with Crippen molar-refractivity contribution in [1.82, 2.24) is 5.32 Å². The van der Waals surface area contributed by atoms with Crippen LogP contribution in [0.5, 0.6) is 0 Å². The molecule has 0 bridgehead atoms. The highest BCUT2D eigenvalue weighted by molar-refractivity contribution is 7.90. The number of carbonyl (C=O) groups is 1. The molecule has 6 heteroatoms. The highest BCUT2D eigenvalue weighted by atomic mass is 32.2. The number of amides is 2. The number of urea groups is 1. The minimum absolute atomic E-state index is 0.156. The second-order valence-electron chi connectivity index (χ2n) is 5.92. The standard InChI is InChI=1S/C18H22N2O3S/c1-13-8-7-9-14(2)17(13)20-18(21)19-16(12-24(3,22)23)15-10-5-4-6-11-15/h4-11,16H,12H2,1-3H3,(H2,19,20,21)/t16-/m1/s1. The maximum absolute atomic E-state index is 12.4. The molecule has 0 aliphatic heterocycles. The molecule has 0 saturated carbocycles. The van der Waals surface area contributed by atoms with Gasteiger partial charge in [-0.3, -0.25) is 0 Å². The van der Waals surface area contributed by atoms with Crippen LogP contribution in [0.15, 0.2) is 48.5 Å². The number of benzene rings is 2. The van der Waals surface area contributed by atoms with Gasteiger partial charge in [0.1, 0.15) is 9.84 Å². The van der Waals surface area contributed by atoms with Crippen LogP contribution < -0.4 is 10.6 Å². The van der Waals surface area contributed by atoms with E-state index in [0.29, 0.717) is 0 Å². The molecule has 1 atom stereocenters. The fourth-order valence-corrected chi connectivity index (χ4v) is 3.41. The summed E-state index contributed by atoms with van der Waals surface area (Å²) in [5.74, 6) is -0.156. The Bertz CT molecular complexity index is 797. The molecule has 0 aromatic heterocycles. The lowest BCUT2D eigenvalue weighted by atomic mass is 10.1. The number of para-hydroxylation sites is 1. The first-order chi connectivity index (χ1) is 11.3. The van der Waals surface area contributed by atoms with Crippen LogP contribution in [-0.4, -0.2) is 26.5 Å². The number of nitrogens with one attached hydrogen (secondary N) is 2. The third-order valence-corrected chi connectivity index (χ3v) is 4.64. The Labute approximate surface area is 143 Å². The van der Waals surface area contributed by atoms with Crippen molar-refractivity contribution in [3.05, 3.63) is 65.2 Å². The Kier molecular flexibility index (Phi) is 5.62. The van der Waals surface area contributed by atoms with Crippen LogP contribution in [0.2, 0.25) is 0 Å². The van der Waals surface area contributed by atoms with E-state index in [-0.39, 0.29) is 5.75 Å². The van der Waals surface area contributed by atoms with Crippen molar-refractivity contribution in [2.75, 3.05) is 17.3 Å². The van der Waals surface area contributed by atoms with Crippen molar-refractivity contribution in [2.24, 2.45) is 0 Å². The summed E-state index contributed by atoms with van der Waals surface area (Å²) in [6.07, 6.45) is 1.16. The van der Waals surface area contributed by atoms with Crippen LogP contribution in [0.1, 0.15) is 22.7 Å². The number of hydrogen-bond acceptors (Lipinski definition) is 3. The number of rotatable bonds is 5. The molecule has 2 aromatic rings. The average molecular weight is 346 g/mol. The van der Waals surface area contributed by atoms with Crippen molar-refractivity contribution in [3.63, 3.8) is 0 Å². The number of anilines is 1. The number of sulfone groups is 1. The Morgan fingerprint density at radius 2 is 1.58 bits per heavy atom. The fraction of sp³-hybridized carbons (Fsp3) is 0.278. The van der Waals surface area contributed by atoms with E-state index in [2.05, 4.69) is 10.6 Å². The summed E-state index contributed by atoms with van der Waals surface area (Å²) in [6, 6.07) is 13.8. The predicted molar refractivity (Wildman–Crippen MR) is 97.0 cm³/mol. The molecule has 0 fully saturated rings. The first-order valence-electron chi connectivity index (χ1n) is 7.62. The van der Waals surface area contributed by atoms with E-state index in [0.717, 1.165) is 28.6 Å². The molecular weight excluding hydrogens is 324 g/mol. The zero-order chi connectivity index (χ0) is 17.7. The SMILES string of the molecule is Cc1cccc(C)c1NC(=O)N[C@H](CS(C)(=O)=O)c1ccccc1. The summed E-state index contributed by atoms with van der Waals surface area (Å²) < 4.78 is 23.4. The van der Waals surface area contributed by atoms with Gasteiger partial charge in [0.15, 0.2) is 0 Å². The fourth-order valence-electron chi connectivity index (χ4n) is 2.53. The van der Waals surface area contributed by atoms with Crippen molar-refractivity contribution in [1.29, 1.82) is 0 Å². The molecule has 5 nitrogen and oxygen atoms in total. The number of aryl methyl sites for hydroxylation is 2. The van der Waals surface area contributed by atoms with Crippen molar-refractivity contribution in [3.8, 4) is 0 Å². The lowest BCUT2D eigenvalue weighted by Crippen LogP contribution is -2.36. The van der Waals surface area contributed by atoms with E-state index in [4.69, 9.17) is 0 Å². The van der Waals surface area contributed by atoms with E-state index in [1.807, 2.05) is 50.2 Å². The van der Waals surface area contributed by atoms with Gasteiger partial charge < -0.3 is 10.6 Å². The van der Waals surface area contributed by atoms with Gasteiger partial charge in [0.05, 0.1) is 11.8 Å². The molecular formula is C18H22N2O3S. The first kappa shape index (κ1) is 18.0. The maximum Gasteiger partial charge on any atom is 0.319 e. The molecule has 0 aliphatic rings. The minimum atomic E-state index is -3.25. The summed E-state index contributed by atoms with van der Waals surface area (Å²) in [5, 5.41) is 5.58. The molecule has 0 heterocycles. The molecule has 0 unspecified atom stereocenters. The molecule has 2 aromatic carbocycles. The summed E-state index contributed by atoms with van der Waals surface area (Å²) in [5.41, 5.74) is 3.38. The topological polar surface area (TPSA) is 75.3 Å². The smallest absolute Gasteiger partial charge is 0.319 e. The number of hydrogen-bond donors (Lipinski definition) is 2. The first-order valence-corrected chi connectivity index (χ1v) is 9.69. The van der Waals surface area contributed by atoms with Gasteiger partial charge in [0.25, 0.3) is 0 Å². The van der Waals surface area contributed by atoms with E-state index < -0.39 is 21.9 Å². The Morgan fingerprint density at radius 1 is 1.00 bits per heavy atom. The molecule has 0 saturated heterocycles. The second kappa shape index (κ2) is 7.49. The summed E-state index contributed by atoms with van der Waals surface area (Å²) in [6.45, 7) is 3.82. The lowest BCUT2D eigenvalue weighted by molar-refractivity contribution is 0.249. The van der Waals surface area contributed by atoms with E-state index in [9.17, 15) is 13.2 Å². The van der Waals surface area contributed by atoms with Crippen LogP contribution in [-0.2, 0) is 9.84 Å². The zero-order valence-electron chi connectivity index (χ0n) is 14.0. The van der Waals surface area contributed by atoms with E-state index in [1.165, 1.54) is 0 Å². The third-order valence-electron chi connectivity index (χ3n) is 3.70. The van der Waals surface area contributed by atoms with Gasteiger partial charge in [-0.15, -0.1) is 0 Å². The zero-order valence-corrected chi connectivity index (χ0v) is 14.9. The summed E-state index contributed by atoms with van der Waals surface area (Å²) in [7, 11) is -3.25. The molecule has 2 rings (SSSR count). The Morgan fingerprint density at radius 3 is 2.12 bits per heavy atom. The van der Waals surface area contributed by atoms with Crippen LogP contribution in [0.25, 0.3) is 0 Å². The Balaban J connectivity index is 2.18. The molecule has 0 spiro atoms. The van der Waals surface area contributed by atoms with Crippen LogP contribution in [0.4, 0.5) is 10.5 Å². The molecule has 2 amide bonds. The van der Waals surface area contributed by atoms with Gasteiger partial charge in [0.2, 0.25) is 0 Å². The van der Waals surface area contributed by atoms with Gasteiger partial charge >= 0.3 is 6.03 Å². The van der Waals surface area contributed by atoms with Gasteiger partial charge in [-0.1, -0.05) is 48.5 Å².